The van der Waals surface area contributed by atoms with Crippen LogP contribution < -0.4 is 4.74 Å². The lowest BCUT2D eigenvalue weighted by molar-refractivity contribution is 0.190. The van der Waals surface area contributed by atoms with E-state index in [0.717, 1.165) is 36.1 Å². The number of hydrogen-bond acceptors (Lipinski definition) is 2. The highest BCUT2D eigenvalue weighted by molar-refractivity contribution is 5.38. The first kappa shape index (κ1) is 14.8. The fraction of sp³-hybridized carbons (Fsp3) is 0.500. The molecule has 1 rings (SSSR count). The third-order valence-electron chi connectivity index (χ3n) is 2.93. The molecule has 0 fully saturated rings. The van der Waals surface area contributed by atoms with Gasteiger partial charge in [0.25, 0.3) is 0 Å². The minimum absolute atomic E-state index is 0.485. The summed E-state index contributed by atoms with van der Waals surface area (Å²) in [5, 5.41) is 9.71. The smallest absolute Gasteiger partial charge is 0.125 e. The van der Waals surface area contributed by atoms with Gasteiger partial charge in [0.1, 0.15) is 5.75 Å². The average molecular weight is 248 g/mol. The van der Waals surface area contributed by atoms with Gasteiger partial charge in [0, 0.05) is 5.56 Å². The van der Waals surface area contributed by atoms with Gasteiger partial charge in [0.15, 0.2) is 0 Å². The number of hydrogen-bond donors (Lipinski definition) is 1. The minimum Gasteiger partial charge on any atom is -0.493 e. The topological polar surface area (TPSA) is 29.5 Å². The first-order chi connectivity index (χ1) is 8.65. The Morgan fingerprint density at radius 3 is 2.78 bits per heavy atom. The van der Waals surface area contributed by atoms with Gasteiger partial charge in [0.2, 0.25) is 0 Å². The zero-order valence-electron chi connectivity index (χ0n) is 11.5. The van der Waals surface area contributed by atoms with Crippen molar-refractivity contribution in [2.24, 2.45) is 0 Å². The average Bonchev–Trinajstić information content (AvgIpc) is 2.35. The number of aliphatic hydroxyl groups excluding tert-OH is 1. The van der Waals surface area contributed by atoms with Crippen LogP contribution in [0.1, 0.15) is 49.8 Å². The maximum Gasteiger partial charge on any atom is 0.125 e. The molecule has 1 N–H and O–H groups in total. The van der Waals surface area contributed by atoms with E-state index in [1.807, 2.05) is 31.2 Å². The third kappa shape index (κ3) is 4.92. The number of unbranched alkanes of at least 4 members (excludes halogenated alkanes) is 3. The van der Waals surface area contributed by atoms with Gasteiger partial charge < -0.3 is 9.84 Å². The predicted molar refractivity (Wildman–Crippen MR) is 76.0 cm³/mol. The number of ether oxygens (including phenoxy) is 1. The van der Waals surface area contributed by atoms with Crippen LogP contribution in [0, 0.1) is 6.92 Å². The molecule has 0 aliphatic carbocycles. The first-order valence-corrected chi connectivity index (χ1v) is 6.67. The minimum atomic E-state index is -0.485. The number of benzene rings is 1. The van der Waals surface area contributed by atoms with Crippen molar-refractivity contribution in [3.63, 3.8) is 0 Å². The Morgan fingerprint density at radius 1 is 1.33 bits per heavy atom. The summed E-state index contributed by atoms with van der Waals surface area (Å²) in [4.78, 5) is 0. The first-order valence-electron chi connectivity index (χ1n) is 6.67. The molecule has 100 valence electrons. The van der Waals surface area contributed by atoms with Crippen LogP contribution in [0.2, 0.25) is 0 Å². The van der Waals surface area contributed by atoms with Crippen molar-refractivity contribution in [2.45, 2.75) is 45.6 Å². The molecule has 18 heavy (non-hydrogen) atoms. The molecule has 0 heterocycles. The van der Waals surface area contributed by atoms with E-state index in [-0.39, 0.29) is 0 Å². The lowest BCUT2D eigenvalue weighted by Gasteiger charge is -2.14. The summed E-state index contributed by atoms with van der Waals surface area (Å²) in [5.74, 6) is 0.805. The molecular formula is C16H24O2. The molecule has 1 aromatic rings. The van der Waals surface area contributed by atoms with Crippen LogP contribution in [0.15, 0.2) is 30.9 Å². The molecule has 0 saturated carbocycles. The highest BCUT2D eigenvalue weighted by atomic mass is 16.5. The zero-order valence-corrected chi connectivity index (χ0v) is 11.5. The summed E-state index contributed by atoms with van der Waals surface area (Å²) in [5.41, 5.74) is 2.02. The van der Waals surface area contributed by atoms with Crippen LogP contribution >= 0.6 is 0 Å². The maximum absolute atomic E-state index is 9.71. The quantitative estimate of drug-likeness (QED) is 0.552. The van der Waals surface area contributed by atoms with E-state index < -0.39 is 6.10 Å². The Hall–Kier alpha value is -1.28. The second-order valence-electron chi connectivity index (χ2n) is 4.70. The Bertz CT molecular complexity index is 369. The number of rotatable bonds is 8. The molecule has 0 aliphatic rings. The third-order valence-corrected chi connectivity index (χ3v) is 2.93. The van der Waals surface area contributed by atoms with E-state index in [1.54, 1.807) is 6.92 Å². The predicted octanol–water partition coefficient (Wildman–Crippen LogP) is 4.17. The highest BCUT2D eigenvalue weighted by Crippen LogP contribution is 2.26. The molecule has 0 aliphatic heterocycles. The van der Waals surface area contributed by atoms with Crippen LogP contribution in [-0.4, -0.2) is 11.7 Å². The lowest BCUT2D eigenvalue weighted by atomic mass is 10.1. The zero-order chi connectivity index (χ0) is 13.4. The van der Waals surface area contributed by atoms with Crippen molar-refractivity contribution >= 4 is 0 Å². The van der Waals surface area contributed by atoms with Gasteiger partial charge in [-0.1, -0.05) is 17.7 Å². The summed E-state index contributed by atoms with van der Waals surface area (Å²) in [7, 11) is 0. The van der Waals surface area contributed by atoms with Crippen LogP contribution in [0.5, 0.6) is 5.75 Å². The molecule has 2 nitrogen and oxygen atoms in total. The fourth-order valence-electron chi connectivity index (χ4n) is 1.88. The molecule has 0 radical (unpaired) electrons. The molecule has 1 atom stereocenters. The summed E-state index contributed by atoms with van der Waals surface area (Å²) in [6, 6.07) is 5.94. The van der Waals surface area contributed by atoms with E-state index in [9.17, 15) is 5.11 Å². The summed E-state index contributed by atoms with van der Waals surface area (Å²) < 4.78 is 5.75. The molecule has 0 amide bonds. The Morgan fingerprint density at radius 2 is 2.11 bits per heavy atom. The van der Waals surface area contributed by atoms with Crippen molar-refractivity contribution in [3.8, 4) is 5.75 Å². The van der Waals surface area contributed by atoms with Gasteiger partial charge in [-0.25, -0.2) is 0 Å². The maximum atomic E-state index is 9.71. The molecule has 2 heteroatoms. The molecular weight excluding hydrogens is 224 g/mol. The molecule has 1 unspecified atom stereocenters. The van der Waals surface area contributed by atoms with Crippen molar-refractivity contribution < 1.29 is 9.84 Å². The fourth-order valence-corrected chi connectivity index (χ4v) is 1.88. The van der Waals surface area contributed by atoms with E-state index >= 15 is 0 Å². The normalized spacial score (nSPS) is 12.2. The van der Waals surface area contributed by atoms with Gasteiger partial charge in [-0.3, -0.25) is 0 Å². The molecule has 0 bridgehead atoms. The van der Waals surface area contributed by atoms with Gasteiger partial charge in [0.05, 0.1) is 12.7 Å². The number of aliphatic hydroxyl groups is 1. The van der Waals surface area contributed by atoms with Crippen LogP contribution in [0.4, 0.5) is 0 Å². The highest BCUT2D eigenvalue weighted by Gasteiger charge is 2.09. The largest absolute Gasteiger partial charge is 0.493 e. The Kier molecular flexibility index (Phi) is 6.51. The van der Waals surface area contributed by atoms with E-state index in [0.29, 0.717) is 6.61 Å². The standard InChI is InChI=1S/C16H24O2/c1-4-5-6-7-8-11-18-16-10-9-13(2)12-15(16)14(3)17/h4,9-10,12,14,17H,1,5-8,11H2,2-3H3. The van der Waals surface area contributed by atoms with Crippen LogP contribution in [0.25, 0.3) is 0 Å². The van der Waals surface area contributed by atoms with Gasteiger partial charge in [-0.15, -0.1) is 6.58 Å². The second-order valence-corrected chi connectivity index (χ2v) is 4.70. The van der Waals surface area contributed by atoms with E-state index in [4.69, 9.17) is 4.74 Å². The summed E-state index contributed by atoms with van der Waals surface area (Å²) >= 11 is 0. The van der Waals surface area contributed by atoms with Gasteiger partial charge >= 0.3 is 0 Å². The van der Waals surface area contributed by atoms with Crippen LogP contribution in [-0.2, 0) is 0 Å². The van der Waals surface area contributed by atoms with E-state index in [1.165, 1.54) is 6.42 Å². The molecule has 1 aromatic carbocycles. The Balaban J connectivity index is 2.44. The number of allylic oxidation sites excluding steroid dienone is 1. The lowest BCUT2D eigenvalue weighted by Crippen LogP contribution is -2.02. The SMILES string of the molecule is C=CCCCCCOc1ccc(C)cc1C(C)O. The van der Waals surface area contributed by atoms with Gasteiger partial charge in [-0.2, -0.15) is 0 Å². The molecule has 0 saturated heterocycles. The molecule has 0 spiro atoms. The van der Waals surface area contributed by atoms with E-state index in [2.05, 4.69) is 6.58 Å². The summed E-state index contributed by atoms with van der Waals surface area (Å²) in [6.07, 6.45) is 5.91. The summed E-state index contributed by atoms with van der Waals surface area (Å²) in [6.45, 7) is 8.20. The number of aryl methyl sites for hydroxylation is 1. The van der Waals surface area contributed by atoms with Crippen molar-refractivity contribution in [2.75, 3.05) is 6.61 Å². The Labute approximate surface area is 110 Å². The van der Waals surface area contributed by atoms with Crippen molar-refractivity contribution in [3.05, 3.63) is 42.0 Å². The van der Waals surface area contributed by atoms with Crippen molar-refractivity contribution in [1.82, 2.24) is 0 Å². The molecule has 0 aromatic heterocycles. The second kappa shape index (κ2) is 7.93. The van der Waals surface area contributed by atoms with Gasteiger partial charge in [-0.05, 0) is 51.7 Å². The van der Waals surface area contributed by atoms with Crippen LogP contribution in [0.3, 0.4) is 0 Å². The van der Waals surface area contributed by atoms with Crippen molar-refractivity contribution in [1.29, 1.82) is 0 Å². The monoisotopic (exact) mass is 248 g/mol.